The Bertz CT molecular complexity index is 1160. The fourth-order valence-electron chi connectivity index (χ4n) is 1.89. The molecule has 3 aromatic rings. The minimum atomic E-state index is -0.0724. The van der Waals surface area contributed by atoms with Crippen LogP contribution < -0.4 is 76.9 Å². The van der Waals surface area contributed by atoms with Gasteiger partial charge in [-0.2, -0.15) is 0 Å². The monoisotopic (exact) mass is 979 g/mol. The molecule has 0 unspecified atom stereocenters. The quantitative estimate of drug-likeness (QED) is 0.167. The van der Waals surface area contributed by atoms with E-state index < -0.39 is 0 Å². The average molecular weight is 980 g/mol. The summed E-state index contributed by atoms with van der Waals surface area (Å²) in [6.45, 7) is 5.94. The third-order valence-electron chi connectivity index (χ3n) is 3.94. The number of carbonyl (C=O) groups is 2. The van der Waals surface area contributed by atoms with Crippen LogP contribution in [0.3, 0.4) is 0 Å². The van der Waals surface area contributed by atoms with Crippen molar-refractivity contribution in [2.75, 3.05) is 13.1 Å². The van der Waals surface area contributed by atoms with E-state index >= 15 is 0 Å². The molecule has 0 saturated carbocycles. The Balaban J connectivity index is -0.0000000433. The number of rotatable bonds is 8. The van der Waals surface area contributed by atoms with Gasteiger partial charge in [0.25, 0.3) is 0 Å². The fourth-order valence-corrected chi connectivity index (χ4v) is 2.29. The molecule has 0 amide bonds. The largest absolute Gasteiger partial charge is 1.00 e. The van der Waals surface area contributed by atoms with Crippen molar-refractivity contribution in [1.82, 2.24) is 30.5 Å². The predicted molar refractivity (Wildman–Crippen MR) is 188 cm³/mol. The van der Waals surface area contributed by atoms with Crippen molar-refractivity contribution in [1.29, 1.82) is 0 Å². The van der Waals surface area contributed by atoms with E-state index in [9.17, 15) is 9.59 Å². The normalized spacial score (nSPS) is 7.42. The number of ketones is 2. The van der Waals surface area contributed by atoms with E-state index in [1.54, 1.807) is 62.6 Å². The van der Waals surface area contributed by atoms with Gasteiger partial charge in [-0.15, -0.1) is 0 Å². The molecule has 263 valence electrons. The number of nitrogens with zero attached hydrogens (tertiary/aromatic N) is 4. The Hall–Kier alpha value is 1.21. The predicted octanol–water partition coefficient (Wildman–Crippen LogP) is 2.83. The van der Waals surface area contributed by atoms with Gasteiger partial charge in [-0.05, 0) is 29.5 Å². The molecule has 0 saturated heterocycles. The zero-order valence-corrected chi connectivity index (χ0v) is 42.7. The van der Waals surface area contributed by atoms with Gasteiger partial charge in [0, 0.05) is 156 Å². The van der Waals surface area contributed by atoms with Gasteiger partial charge in [0.05, 0.1) is 11.3 Å². The number of aromatic nitrogens is 5. The van der Waals surface area contributed by atoms with E-state index in [4.69, 9.17) is 33.2 Å². The van der Waals surface area contributed by atoms with Crippen LogP contribution in [0.1, 0.15) is 40.9 Å². The van der Waals surface area contributed by atoms with Crippen molar-refractivity contribution in [3.63, 3.8) is 0 Å². The smallest absolute Gasteiger partial charge is 0.870 e. The zero-order chi connectivity index (χ0) is 29.5. The molecule has 3 rings (SSSR count). The van der Waals surface area contributed by atoms with Crippen molar-refractivity contribution < 1.29 is 175 Å². The van der Waals surface area contributed by atoms with Crippen LogP contribution in [0.15, 0.2) is 48.8 Å². The van der Waals surface area contributed by atoms with Gasteiger partial charge in [-0.3, -0.25) is 9.59 Å². The van der Waals surface area contributed by atoms with Gasteiger partial charge >= 0.3 is 56.6 Å². The molecule has 0 spiro atoms. The summed E-state index contributed by atoms with van der Waals surface area (Å²) in [5.41, 5.74) is 11.6. The third-order valence-corrected chi connectivity index (χ3v) is 4.43. The summed E-state index contributed by atoms with van der Waals surface area (Å²) >= 11 is 13.9. The molecule has 21 heteroatoms. The number of hydrogen-bond donors (Lipinski definition) is 3. The molecule has 0 aliphatic rings. The first kappa shape index (κ1) is 74.4. The summed E-state index contributed by atoms with van der Waals surface area (Å²) in [6, 6.07) is 10.5. The summed E-state index contributed by atoms with van der Waals surface area (Å²) in [5.74, 6) is 1.77. The fraction of sp³-hybridized carbons (Fsp3) is 0.296. The number of aromatic amines is 1. The second kappa shape index (κ2) is 50.3. The maximum atomic E-state index is 10.5. The number of nitrogens with two attached hydrogens (primary N) is 2. The van der Waals surface area contributed by atoms with E-state index in [-0.39, 0.29) is 220 Å². The number of H-pyrrole nitrogens is 1. The van der Waals surface area contributed by atoms with Crippen molar-refractivity contribution in [2.45, 2.75) is 40.0 Å². The molecule has 0 aliphatic carbocycles. The molecular formula is C27H46KN9O5S3Y3-6. The number of aryl methyl sites for hydroxylation is 1. The molecule has 0 fully saturated rings. The second-order valence-electron chi connectivity index (χ2n) is 6.87. The summed E-state index contributed by atoms with van der Waals surface area (Å²) in [5, 5.41) is 8.71. The minimum Gasteiger partial charge on any atom is -0.870 e. The van der Waals surface area contributed by atoms with Crippen molar-refractivity contribution >= 4 is 58.6 Å². The minimum absolute atomic E-state index is 0. The molecule has 3 heterocycles. The Morgan fingerprint density at radius 1 is 0.938 bits per heavy atom. The second-order valence-corrected chi connectivity index (χ2v) is 8.00. The average Bonchev–Trinajstić information content (AvgIpc) is 3.38. The number of hydrogen-bond acceptors (Lipinski definition) is 12. The zero-order valence-electron chi connectivity index (χ0n) is 28.6. The molecule has 14 nitrogen and oxygen atoms in total. The Morgan fingerprint density at radius 2 is 1.38 bits per heavy atom. The van der Waals surface area contributed by atoms with Crippen LogP contribution in [0.25, 0.3) is 11.9 Å². The topological polar surface area (TPSA) is 247 Å². The summed E-state index contributed by atoms with van der Waals surface area (Å²) in [6.07, 6.45) is 5.12. The van der Waals surface area contributed by atoms with E-state index in [1.807, 2.05) is 6.92 Å². The van der Waals surface area contributed by atoms with Gasteiger partial charge in [-0.25, -0.2) is 9.97 Å². The SMILES string of the molecule is CCC(=O)CN.CCC(=O)CNC([NH-])=S.CCc1n[nH]c(=S)[n-]1.S=C(Oc1ccccn1)Oc1ccccn1.[2HH].[CH3-].[CH3-].[CH3-].[K+].[NH2-].[OH-].[Y].[Y].[Y]. The maximum absolute atomic E-state index is 10.5. The molecule has 3 aromatic heterocycles. The Morgan fingerprint density at radius 3 is 1.60 bits per heavy atom. The van der Waals surface area contributed by atoms with Crippen LogP contribution in [0.5, 0.6) is 11.8 Å². The molecule has 0 atom stereocenters. The first-order valence-electron chi connectivity index (χ1n) is 11.7. The van der Waals surface area contributed by atoms with Crippen molar-refractivity contribution in [3.05, 3.63) is 93.6 Å². The molecule has 48 heavy (non-hydrogen) atoms. The van der Waals surface area contributed by atoms with Gasteiger partial charge in [0.2, 0.25) is 11.8 Å². The van der Waals surface area contributed by atoms with E-state index in [0.717, 1.165) is 12.2 Å². The Labute approximate surface area is 421 Å². The number of pyridine rings is 2. The van der Waals surface area contributed by atoms with Crippen molar-refractivity contribution in [3.8, 4) is 11.8 Å². The van der Waals surface area contributed by atoms with Gasteiger partial charge in [0.1, 0.15) is 11.6 Å². The first-order valence-corrected chi connectivity index (χ1v) is 12.9. The van der Waals surface area contributed by atoms with Crippen LogP contribution in [0.4, 0.5) is 0 Å². The maximum Gasteiger partial charge on any atom is 1.00 e. The number of ether oxygens (including phenoxy) is 2. The van der Waals surface area contributed by atoms with Crippen LogP contribution >= 0.6 is 36.7 Å². The van der Waals surface area contributed by atoms with Gasteiger partial charge in [-0.1, -0.05) is 57.3 Å². The molecule has 8 N–H and O–H groups in total. The summed E-state index contributed by atoms with van der Waals surface area (Å²) in [7, 11) is 0. The third kappa shape index (κ3) is 45.2. The van der Waals surface area contributed by atoms with Gasteiger partial charge in [0.15, 0.2) is 0 Å². The summed E-state index contributed by atoms with van der Waals surface area (Å²) < 4.78 is 10.8. The van der Waals surface area contributed by atoms with Crippen LogP contribution in [0.2, 0.25) is 0 Å². The molecule has 0 aliphatic heterocycles. The number of thiocarbonyl (C=S) groups is 2. The number of Topliss-reactive ketones (excluding diaryl/α,β-unsaturated/α-hetero) is 2. The number of carbonyl (C=O) groups excluding carboxylic acids is 2. The van der Waals surface area contributed by atoms with Gasteiger partial charge < -0.3 is 75.3 Å². The molecule has 3 radical (unpaired) electrons. The molecular weight excluding hydrogens is 932 g/mol. The van der Waals surface area contributed by atoms with Crippen LogP contribution in [-0.2, 0) is 114 Å². The molecule has 0 bridgehead atoms. The van der Waals surface area contributed by atoms with Crippen LogP contribution in [0, 0.1) is 27.1 Å². The summed E-state index contributed by atoms with van der Waals surface area (Å²) in [4.78, 5) is 32.3. The number of nitrogens with one attached hydrogen (secondary N) is 3. The van der Waals surface area contributed by atoms with Crippen LogP contribution in [-0.4, -0.2) is 60.6 Å². The molecule has 0 aromatic carbocycles. The van der Waals surface area contributed by atoms with E-state index in [0.29, 0.717) is 29.4 Å². The van der Waals surface area contributed by atoms with Crippen molar-refractivity contribution in [2.24, 2.45) is 5.73 Å². The van der Waals surface area contributed by atoms with E-state index in [1.165, 1.54) is 0 Å². The van der Waals surface area contributed by atoms with E-state index in [2.05, 4.69) is 54.9 Å². The standard InChI is InChI=1S/C11H8N2O2S.C5H10N2OS.C4H7N3S.C4H9NO.3CH3.K.H2N.H2O.3Y.H2/c16-11(14-9-5-1-3-7-12-9)15-10-6-2-4-8-13-10;1-2-4(8)3-7-5(6)9;1-2-3-5-4(8)7-6-3;1-2-4(6)3-5;;;;;;;;;;/h1-8H;2-3H2,1H3,(H3,6,7,9);2H2,1H3,(H2,5,6,7,8);2-3,5H2,1H3;3*1H3;;2*1H2;;;;1H/q;;;;3*-1;+1;-1;;;;;/p-3/i;;;;;;;;;;;;;1+1. The first-order chi connectivity index (χ1) is 18.6. The Kier molecular flexibility index (Phi) is 78.0.